The molecule has 1 aromatic rings. The monoisotopic (exact) mass is 292 g/mol. The van der Waals surface area contributed by atoms with Gasteiger partial charge in [-0.2, -0.15) is 4.98 Å². The molecular formula is C14H20N4O3. The van der Waals surface area contributed by atoms with Gasteiger partial charge in [-0.05, 0) is 24.7 Å². The van der Waals surface area contributed by atoms with Crippen molar-refractivity contribution in [3.63, 3.8) is 0 Å². The average molecular weight is 292 g/mol. The molecule has 3 rings (SSSR count). The van der Waals surface area contributed by atoms with Crippen molar-refractivity contribution in [2.75, 3.05) is 6.54 Å². The van der Waals surface area contributed by atoms with Crippen LogP contribution in [0.15, 0.2) is 10.9 Å². The molecule has 1 N–H and O–H groups in total. The smallest absolute Gasteiger partial charge is 0.246 e. The molecule has 21 heavy (non-hydrogen) atoms. The van der Waals surface area contributed by atoms with Gasteiger partial charge in [0.2, 0.25) is 17.7 Å². The lowest BCUT2D eigenvalue weighted by Gasteiger charge is -2.40. The number of aromatic nitrogens is 2. The minimum atomic E-state index is -0.421. The Labute approximate surface area is 123 Å². The van der Waals surface area contributed by atoms with E-state index in [9.17, 15) is 9.59 Å². The van der Waals surface area contributed by atoms with Gasteiger partial charge in [-0.3, -0.25) is 9.59 Å². The summed E-state index contributed by atoms with van der Waals surface area (Å²) < 4.78 is 4.97. The Bertz CT molecular complexity index is 524. The molecule has 0 bridgehead atoms. The Morgan fingerprint density at radius 1 is 1.43 bits per heavy atom. The number of amides is 2. The van der Waals surface area contributed by atoms with Crippen molar-refractivity contribution in [3.05, 3.63) is 12.2 Å². The normalized spacial score (nSPS) is 26.3. The van der Waals surface area contributed by atoms with E-state index in [1.807, 2.05) is 13.8 Å². The molecule has 114 valence electrons. The van der Waals surface area contributed by atoms with Crippen LogP contribution in [-0.4, -0.2) is 45.5 Å². The van der Waals surface area contributed by atoms with Gasteiger partial charge in [0.15, 0.2) is 6.33 Å². The molecule has 1 aliphatic carbocycles. The molecule has 2 amide bonds. The molecule has 7 nitrogen and oxygen atoms in total. The zero-order chi connectivity index (χ0) is 15.0. The molecule has 2 unspecified atom stereocenters. The minimum Gasteiger partial charge on any atom is -0.342 e. The minimum absolute atomic E-state index is 0.0234. The van der Waals surface area contributed by atoms with Crippen molar-refractivity contribution in [2.45, 2.75) is 45.2 Å². The highest BCUT2D eigenvalue weighted by atomic mass is 16.5. The number of carbonyl (C=O) groups is 2. The Morgan fingerprint density at radius 2 is 2.19 bits per heavy atom. The lowest BCUT2D eigenvalue weighted by atomic mass is 9.95. The van der Waals surface area contributed by atoms with Crippen LogP contribution in [0.4, 0.5) is 0 Å². The number of carbonyl (C=O) groups excluding carboxylic acids is 2. The third-order valence-electron chi connectivity index (χ3n) is 4.15. The molecule has 0 aromatic carbocycles. The van der Waals surface area contributed by atoms with E-state index in [4.69, 9.17) is 4.52 Å². The summed E-state index contributed by atoms with van der Waals surface area (Å²) in [6.45, 7) is 4.34. The maximum Gasteiger partial charge on any atom is 0.246 e. The van der Waals surface area contributed by atoms with Crippen molar-refractivity contribution in [3.8, 4) is 0 Å². The number of hydrogen-bond donors (Lipinski definition) is 1. The van der Waals surface area contributed by atoms with Crippen LogP contribution in [0, 0.1) is 11.8 Å². The molecule has 2 atom stereocenters. The van der Waals surface area contributed by atoms with E-state index < -0.39 is 6.04 Å². The fraction of sp³-hybridized carbons (Fsp3) is 0.714. The second-order valence-corrected chi connectivity index (χ2v) is 6.13. The van der Waals surface area contributed by atoms with Crippen LogP contribution < -0.4 is 5.32 Å². The zero-order valence-electron chi connectivity index (χ0n) is 12.3. The van der Waals surface area contributed by atoms with Gasteiger partial charge in [-0.1, -0.05) is 19.0 Å². The summed E-state index contributed by atoms with van der Waals surface area (Å²) in [7, 11) is 0. The summed E-state index contributed by atoms with van der Waals surface area (Å²) in [4.78, 5) is 30.7. The largest absolute Gasteiger partial charge is 0.342 e. The first kappa shape index (κ1) is 14.0. The maximum atomic E-state index is 12.7. The van der Waals surface area contributed by atoms with E-state index in [2.05, 4.69) is 15.5 Å². The molecule has 1 saturated carbocycles. The quantitative estimate of drug-likeness (QED) is 0.847. The molecular weight excluding hydrogens is 272 g/mol. The Balaban J connectivity index is 1.76. The van der Waals surface area contributed by atoms with Gasteiger partial charge in [-0.25, -0.2) is 0 Å². The Hall–Kier alpha value is -1.92. The Morgan fingerprint density at radius 3 is 2.76 bits per heavy atom. The zero-order valence-corrected chi connectivity index (χ0v) is 12.3. The summed E-state index contributed by atoms with van der Waals surface area (Å²) in [5.74, 6) is 0.832. The number of piperazine rings is 1. The lowest BCUT2D eigenvalue weighted by molar-refractivity contribution is -0.151. The van der Waals surface area contributed by atoms with E-state index in [0.29, 0.717) is 24.8 Å². The summed E-state index contributed by atoms with van der Waals surface area (Å²) in [5.41, 5.74) is 0. The number of nitrogens with zero attached hydrogens (tertiary/aromatic N) is 3. The van der Waals surface area contributed by atoms with Crippen LogP contribution in [0.5, 0.6) is 0 Å². The Kier molecular flexibility index (Phi) is 3.65. The molecule has 2 fully saturated rings. The summed E-state index contributed by atoms with van der Waals surface area (Å²) in [5, 5.41) is 6.46. The van der Waals surface area contributed by atoms with Crippen LogP contribution in [-0.2, 0) is 16.0 Å². The molecule has 7 heteroatoms. The van der Waals surface area contributed by atoms with Crippen LogP contribution >= 0.6 is 0 Å². The predicted octanol–water partition coefficient (Wildman–Crippen LogP) is 0.374. The van der Waals surface area contributed by atoms with Crippen molar-refractivity contribution in [2.24, 2.45) is 11.8 Å². The highest BCUT2D eigenvalue weighted by molar-refractivity contribution is 5.97. The van der Waals surface area contributed by atoms with Crippen LogP contribution in [0.3, 0.4) is 0 Å². The average Bonchev–Trinajstić information content (AvgIpc) is 3.15. The SMILES string of the molecule is CC(C)C1C(=O)NC(C2CC2)C(=O)N1CCc1ncno1. The van der Waals surface area contributed by atoms with E-state index in [0.717, 1.165) is 12.8 Å². The van der Waals surface area contributed by atoms with Crippen LogP contribution in [0.25, 0.3) is 0 Å². The van der Waals surface area contributed by atoms with E-state index in [1.54, 1.807) is 4.90 Å². The van der Waals surface area contributed by atoms with Gasteiger partial charge in [0.25, 0.3) is 0 Å². The van der Waals surface area contributed by atoms with Crippen molar-refractivity contribution >= 4 is 11.8 Å². The molecule has 1 saturated heterocycles. The van der Waals surface area contributed by atoms with Crippen molar-refractivity contribution in [1.82, 2.24) is 20.4 Å². The van der Waals surface area contributed by atoms with Gasteiger partial charge < -0.3 is 14.7 Å². The third kappa shape index (κ3) is 2.77. The molecule has 0 radical (unpaired) electrons. The van der Waals surface area contributed by atoms with Gasteiger partial charge in [0, 0.05) is 13.0 Å². The van der Waals surface area contributed by atoms with Crippen molar-refractivity contribution in [1.29, 1.82) is 0 Å². The second kappa shape index (κ2) is 5.46. The van der Waals surface area contributed by atoms with Gasteiger partial charge >= 0.3 is 0 Å². The molecule has 1 aromatic heterocycles. The van der Waals surface area contributed by atoms with E-state index in [-0.39, 0.29) is 23.8 Å². The fourth-order valence-electron chi connectivity index (χ4n) is 2.94. The van der Waals surface area contributed by atoms with Crippen molar-refractivity contribution < 1.29 is 14.1 Å². The molecule has 1 aliphatic heterocycles. The molecule has 0 spiro atoms. The topological polar surface area (TPSA) is 88.3 Å². The van der Waals surface area contributed by atoms with Gasteiger partial charge in [0.05, 0.1) is 0 Å². The first-order chi connectivity index (χ1) is 10.1. The number of hydrogen-bond acceptors (Lipinski definition) is 5. The fourth-order valence-corrected chi connectivity index (χ4v) is 2.94. The highest BCUT2D eigenvalue weighted by Gasteiger charge is 2.47. The lowest BCUT2D eigenvalue weighted by Crippen LogP contribution is -2.65. The van der Waals surface area contributed by atoms with E-state index >= 15 is 0 Å². The second-order valence-electron chi connectivity index (χ2n) is 6.13. The third-order valence-corrected chi connectivity index (χ3v) is 4.15. The maximum absolute atomic E-state index is 12.7. The number of nitrogens with one attached hydrogen (secondary N) is 1. The molecule has 2 heterocycles. The predicted molar refractivity (Wildman–Crippen MR) is 73.0 cm³/mol. The highest BCUT2D eigenvalue weighted by Crippen LogP contribution is 2.35. The van der Waals surface area contributed by atoms with Gasteiger partial charge in [-0.15, -0.1) is 0 Å². The first-order valence-electron chi connectivity index (χ1n) is 7.44. The first-order valence-corrected chi connectivity index (χ1v) is 7.44. The number of rotatable bonds is 5. The van der Waals surface area contributed by atoms with Crippen LogP contribution in [0.1, 0.15) is 32.6 Å². The summed E-state index contributed by atoms with van der Waals surface area (Å²) in [6.07, 6.45) is 3.84. The standard InChI is InChI=1S/C14H20N4O3/c1-8(2)12-13(19)17-11(9-3-4-9)14(20)18(12)6-5-10-15-7-16-21-10/h7-9,11-12H,3-6H2,1-2H3,(H,17,19). The summed E-state index contributed by atoms with van der Waals surface area (Å²) in [6, 6.07) is -0.773. The van der Waals surface area contributed by atoms with Crippen LogP contribution in [0.2, 0.25) is 0 Å². The summed E-state index contributed by atoms with van der Waals surface area (Å²) >= 11 is 0. The molecule has 2 aliphatic rings. The van der Waals surface area contributed by atoms with Gasteiger partial charge in [0.1, 0.15) is 12.1 Å². The van der Waals surface area contributed by atoms with E-state index in [1.165, 1.54) is 6.33 Å².